The molecule has 0 amide bonds. The molecule has 1 unspecified atom stereocenters. The standard InChI is InChI=1S/C13H19N3/c1-14-12(9-5-6-9)7-13-10-3-2-4-11(10)15-8-16-13/h8-9,12,14H,2-7H2,1H3. The van der Waals surface area contributed by atoms with Gasteiger partial charge in [-0.25, -0.2) is 9.97 Å². The first-order valence-electron chi connectivity index (χ1n) is 6.37. The van der Waals surface area contributed by atoms with Gasteiger partial charge in [-0.15, -0.1) is 0 Å². The molecule has 1 aromatic heterocycles. The maximum Gasteiger partial charge on any atom is 0.115 e. The second-order valence-corrected chi connectivity index (χ2v) is 5.04. The van der Waals surface area contributed by atoms with E-state index >= 15 is 0 Å². The molecule has 0 aliphatic heterocycles. The Morgan fingerprint density at radius 1 is 1.38 bits per heavy atom. The largest absolute Gasteiger partial charge is 0.316 e. The third kappa shape index (κ3) is 1.84. The van der Waals surface area contributed by atoms with Crippen molar-refractivity contribution in [3.63, 3.8) is 0 Å². The van der Waals surface area contributed by atoms with Crippen molar-refractivity contribution < 1.29 is 0 Å². The highest BCUT2D eigenvalue weighted by molar-refractivity contribution is 5.29. The van der Waals surface area contributed by atoms with Gasteiger partial charge in [0.1, 0.15) is 6.33 Å². The van der Waals surface area contributed by atoms with Gasteiger partial charge in [-0.05, 0) is 50.6 Å². The van der Waals surface area contributed by atoms with Crippen LogP contribution in [0, 0.1) is 5.92 Å². The minimum absolute atomic E-state index is 0.625. The quantitative estimate of drug-likeness (QED) is 0.830. The third-order valence-corrected chi connectivity index (χ3v) is 3.94. The maximum atomic E-state index is 4.50. The fourth-order valence-corrected chi connectivity index (χ4v) is 2.81. The molecule has 0 aromatic carbocycles. The minimum Gasteiger partial charge on any atom is -0.316 e. The second kappa shape index (κ2) is 4.13. The molecule has 16 heavy (non-hydrogen) atoms. The molecule has 0 bridgehead atoms. The Kier molecular flexibility index (Phi) is 2.64. The van der Waals surface area contributed by atoms with E-state index in [2.05, 4.69) is 22.3 Å². The molecule has 0 spiro atoms. The molecule has 3 heteroatoms. The van der Waals surface area contributed by atoms with E-state index < -0.39 is 0 Å². The Morgan fingerprint density at radius 2 is 2.25 bits per heavy atom. The molecule has 1 saturated carbocycles. The first-order valence-corrected chi connectivity index (χ1v) is 6.37. The van der Waals surface area contributed by atoms with Crippen molar-refractivity contribution in [2.75, 3.05) is 7.05 Å². The van der Waals surface area contributed by atoms with Gasteiger partial charge in [0.15, 0.2) is 0 Å². The van der Waals surface area contributed by atoms with Gasteiger partial charge in [0.25, 0.3) is 0 Å². The first kappa shape index (κ1) is 10.2. The normalized spacial score (nSPS) is 20.8. The lowest BCUT2D eigenvalue weighted by Gasteiger charge is -2.16. The van der Waals surface area contributed by atoms with Crippen LogP contribution in [-0.4, -0.2) is 23.1 Å². The molecule has 1 aromatic rings. The van der Waals surface area contributed by atoms with E-state index in [1.165, 1.54) is 42.6 Å². The molecule has 3 rings (SSSR count). The molecule has 1 heterocycles. The van der Waals surface area contributed by atoms with Crippen LogP contribution in [-0.2, 0) is 19.3 Å². The van der Waals surface area contributed by atoms with E-state index in [0.29, 0.717) is 6.04 Å². The predicted octanol–water partition coefficient (Wildman–Crippen LogP) is 1.51. The van der Waals surface area contributed by atoms with Crippen molar-refractivity contribution in [2.45, 2.75) is 44.6 Å². The van der Waals surface area contributed by atoms with E-state index in [9.17, 15) is 0 Å². The zero-order valence-corrected chi connectivity index (χ0v) is 9.87. The Labute approximate surface area is 96.7 Å². The Morgan fingerprint density at radius 3 is 3.00 bits per heavy atom. The lowest BCUT2D eigenvalue weighted by atomic mass is 10.0. The van der Waals surface area contributed by atoms with Crippen LogP contribution in [0.15, 0.2) is 6.33 Å². The summed E-state index contributed by atoms with van der Waals surface area (Å²) in [7, 11) is 2.07. The highest BCUT2D eigenvalue weighted by Gasteiger charge is 2.31. The number of fused-ring (bicyclic) bond motifs is 1. The van der Waals surface area contributed by atoms with Gasteiger partial charge < -0.3 is 5.32 Å². The van der Waals surface area contributed by atoms with Crippen LogP contribution in [0.25, 0.3) is 0 Å². The summed E-state index contributed by atoms with van der Waals surface area (Å²) in [4.78, 5) is 8.88. The lowest BCUT2D eigenvalue weighted by Crippen LogP contribution is -2.30. The van der Waals surface area contributed by atoms with E-state index in [1.54, 1.807) is 6.33 Å². The fourth-order valence-electron chi connectivity index (χ4n) is 2.81. The summed E-state index contributed by atoms with van der Waals surface area (Å²) in [5.41, 5.74) is 4.05. The van der Waals surface area contributed by atoms with Gasteiger partial charge in [-0.1, -0.05) is 0 Å². The number of hydrogen-bond acceptors (Lipinski definition) is 3. The van der Waals surface area contributed by atoms with Gasteiger partial charge in [0.2, 0.25) is 0 Å². The zero-order valence-electron chi connectivity index (χ0n) is 9.87. The molecular formula is C13H19N3. The molecule has 1 fully saturated rings. The number of aryl methyl sites for hydroxylation is 1. The van der Waals surface area contributed by atoms with Crippen molar-refractivity contribution in [3.8, 4) is 0 Å². The van der Waals surface area contributed by atoms with Gasteiger partial charge in [0, 0.05) is 23.9 Å². The Bertz CT molecular complexity index is 385. The van der Waals surface area contributed by atoms with Crippen LogP contribution in [0.2, 0.25) is 0 Å². The topological polar surface area (TPSA) is 37.8 Å². The molecule has 0 saturated heterocycles. The monoisotopic (exact) mass is 217 g/mol. The number of nitrogens with zero attached hydrogens (tertiary/aromatic N) is 2. The molecule has 1 N–H and O–H groups in total. The molecule has 3 nitrogen and oxygen atoms in total. The lowest BCUT2D eigenvalue weighted by molar-refractivity contribution is 0.493. The van der Waals surface area contributed by atoms with Crippen LogP contribution in [0.5, 0.6) is 0 Å². The van der Waals surface area contributed by atoms with Gasteiger partial charge >= 0.3 is 0 Å². The molecular weight excluding hydrogens is 198 g/mol. The van der Waals surface area contributed by atoms with E-state index in [-0.39, 0.29) is 0 Å². The van der Waals surface area contributed by atoms with Crippen molar-refractivity contribution >= 4 is 0 Å². The number of nitrogens with one attached hydrogen (secondary N) is 1. The number of hydrogen-bond donors (Lipinski definition) is 1. The Balaban J connectivity index is 1.81. The summed E-state index contributed by atoms with van der Waals surface area (Å²) in [5.74, 6) is 0.886. The molecule has 86 valence electrons. The average molecular weight is 217 g/mol. The van der Waals surface area contributed by atoms with E-state index in [0.717, 1.165) is 18.8 Å². The van der Waals surface area contributed by atoms with Gasteiger partial charge in [-0.3, -0.25) is 0 Å². The minimum atomic E-state index is 0.625. The average Bonchev–Trinajstić information content (AvgIpc) is 3.03. The summed E-state index contributed by atoms with van der Waals surface area (Å²) in [6.07, 6.45) is 9.21. The summed E-state index contributed by atoms with van der Waals surface area (Å²) in [6.45, 7) is 0. The van der Waals surface area contributed by atoms with Crippen molar-refractivity contribution in [1.29, 1.82) is 0 Å². The van der Waals surface area contributed by atoms with Gasteiger partial charge in [0.05, 0.1) is 0 Å². The number of aromatic nitrogens is 2. The molecule has 2 aliphatic rings. The fraction of sp³-hybridized carbons (Fsp3) is 0.692. The summed E-state index contributed by atoms with van der Waals surface area (Å²) in [5, 5.41) is 3.44. The smallest absolute Gasteiger partial charge is 0.115 e. The van der Waals surface area contributed by atoms with Crippen LogP contribution in [0.4, 0.5) is 0 Å². The van der Waals surface area contributed by atoms with E-state index in [1.807, 2.05) is 0 Å². The highest BCUT2D eigenvalue weighted by Crippen LogP contribution is 2.34. The highest BCUT2D eigenvalue weighted by atomic mass is 14.9. The molecule has 2 aliphatic carbocycles. The summed E-state index contributed by atoms with van der Waals surface area (Å²) >= 11 is 0. The Hall–Kier alpha value is -0.960. The third-order valence-electron chi connectivity index (χ3n) is 3.94. The molecule has 1 atom stereocenters. The summed E-state index contributed by atoms with van der Waals surface area (Å²) < 4.78 is 0. The first-order chi connectivity index (χ1) is 7.88. The number of likely N-dealkylation sites (N-methyl/N-ethyl adjacent to an activating group) is 1. The maximum absolute atomic E-state index is 4.50. The van der Waals surface area contributed by atoms with Crippen LogP contribution < -0.4 is 5.32 Å². The van der Waals surface area contributed by atoms with Crippen LogP contribution >= 0.6 is 0 Å². The van der Waals surface area contributed by atoms with Crippen molar-refractivity contribution in [1.82, 2.24) is 15.3 Å². The second-order valence-electron chi connectivity index (χ2n) is 5.04. The number of rotatable bonds is 4. The van der Waals surface area contributed by atoms with Crippen LogP contribution in [0.3, 0.4) is 0 Å². The molecule has 0 radical (unpaired) electrons. The van der Waals surface area contributed by atoms with E-state index in [4.69, 9.17) is 0 Å². The summed E-state index contributed by atoms with van der Waals surface area (Å²) in [6, 6.07) is 0.625. The van der Waals surface area contributed by atoms with Crippen molar-refractivity contribution in [3.05, 3.63) is 23.3 Å². The van der Waals surface area contributed by atoms with Crippen molar-refractivity contribution in [2.24, 2.45) is 5.92 Å². The van der Waals surface area contributed by atoms with Crippen LogP contribution in [0.1, 0.15) is 36.2 Å². The SMILES string of the molecule is CNC(Cc1ncnc2c1CCC2)C1CC1. The predicted molar refractivity (Wildman–Crippen MR) is 63.3 cm³/mol. The van der Waals surface area contributed by atoms with Gasteiger partial charge in [-0.2, -0.15) is 0 Å². The zero-order chi connectivity index (χ0) is 11.0.